The van der Waals surface area contributed by atoms with Crippen molar-refractivity contribution >= 4 is 21.8 Å². The Labute approximate surface area is 117 Å². The molecule has 20 heavy (non-hydrogen) atoms. The summed E-state index contributed by atoms with van der Waals surface area (Å²) in [6, 6.07) is 3.75. The smallest absolute Gasteiger partial charge is 0.130 e. The summed E-state index contributed by atoms with van der Waals surface area (Å²) >= 11 is 0. The van der Waals surface area contributed by atoms with Gasteiger partial charge in [-0.3, -0.25) is 9.97 Å². The summed E-state index contributed by atoms with van der Waals surface area (Å²) in [6.45, 7) is 4.15. The molecule has 0 aliphatic carbocycles. The Morgan fingerprint density at radius 2 is 1.15 bits per heavy atom. The molecule has 2 aromatic heterocycles. The van der Waals surface area contributed by atoms with Crippen molar-refractivity contribution in [3.63, 3.8) is 0 Å². The highest BCUT2D eigenvalue weighted by Crippen LogP contribution is 2.38. The standard InChI is InChI=1S/C16H16N2O2/c1-9-10(2)14-12(20-4)6-8-18-16(14)15-13(9)11(19-3)5-7-17-15/h5-8H,1-4H3. The summed E-state index contributed by atoms with van der Waals surface area (Å²) < 4.78 is 10.9. The lowest BCUT2D eigenvalue weighted by Crippen LogP contribution is -1.97. The highest BCUT2D eigenvalue weighted by molar-refractivity contribution is 6.10. The summed E-state index contributed by atoms with van der Waals surface area (Å²) in [4.78, 5) is 8.99. The Morgan fingerprint density at radius 1 is 0.750 bits per heavy atom. The van der Waals surface area contributed by atoms with Crippen molar-refractivity contribution in [3.05, 3.63) is 35.7 Å². The summed E-state index contributed by atoms with van der Waals surface area (Å²) in [6.07, 6.45) is 3.49. The topological polar surface area (TPSA) is 44.2 Å². The first-order chi connectivity index (χ1) is 9.69. The third kappa shape index (κ3) is 1.61. The average molecular weight is 268 g/mol. The Balaban J connectivity index is 2.62. The van der Waals surface area contributed by atoms with Gasteiger partial charge in [-0.1, -0.05) is 0 Å². The van der Waals surface area contributed by atoms with Crippen molar-refractivity contribution in [2.75, 3.05) is 14.2 Å². The Kier molecular flexibility index (Phi) is 2.93. The van der Waals surface area contributed by atoms with E-state index >= 15 is 0 Å². The number of aryl methyl sites for hydroxylation is 2. The first-order valence-electron chi connectivity index (χ1n) is 6.43. The van der Waals surface area contributed by atoms with E-state index in [1.807, 2.05) is 12.1 Å². The molecule has 3 aromatic rings. The second-order valence-electron chi connectivity index (χ2n) is 4.72. The van der Waals surface area contributed by atoms with E-state index < -0.39 is 0 Å². The molecule has 0 radical (unpaired) electrons. The van der Waals surface area contributed by atoms with Gasteiger partial charge >= 0.3 is 0 Å². The number of aromatic nitrogens is 2. The van der Waals surface area contributed by atoms with Gasteiger partial charge in [-0.25, -0.2) is 0 Å². The first kappa shape index (κ1) is 12.7. The highest BCUT2D eigenvalue weighted by atomic mass is 16.5. The Hall–Kier alpha value is -2.36. The molecule has 0 N–H and O–H groups in total. The van der Waals surface area contributed by atoms with Crippen molar-refractivity contribution in [2.45, 2.75) is 13.8 Å². The molecule has 1 aromatic carbocycles. The number of fused-ring (bicyclic) bond motifs is 3. The zero-order valence-corrected chi connectivity index (χ0v) is 12.0. The normalized spacial score (nSPS) is 11.0. The summed E-state index contributed by atoms with van der Waals surface area (Å²) in [5.41, 5.74) is 3.98. The molecule has 0 bridgehead atoms. The van der Waals surface area contributed by atoms with Gasteiger partial charge in [0.1, 0.15) is 22.5 Å². The molecule has 0 fully saturated rings. The third-order valence-corrected chi connectivity index (χ3v) is 3.80. The van der Waals surface area contributed by atoms with E-state index in [4.69, 9.17) is 9.47 Å². The van der Waals surface area contributed by atoms with Crippen LogP contribution in [0.3, 0.4) is 0 Å². The fourth-order valence-electron chi connectivity index (χ4n) is 2.69. The lowest BCUT2D eigenvalue weighted by atomic mass is 9.97. The zero-order valence-electron chi connectivity index (χ0n) is 12.0. The summed E-state index contributed by atoms with van der Waals surface area (Å²) in [5, 5.41) is 2.03. The van der Waals surface area contributed by atoms with Gasteiger partial charge in [-0.2, -0.15) is 0 Å². The van der Waals surface area contributed by atoms with Gasteiger partial charge in [0.25, 0.3) is 0 Å². The minimum absolute atomic E-state index is 0.821. The summed E-state index contributed by atoms with van der Waals surface area (Å²) in [7, 11) is 3.35. The predicted octanol–water partition coefficient (Wildman–Crippen LogP) is 3.42. The maximum Gasteiger partial charge on any atom is 0.130 e. The molecule has 0 spiro atoms. The largest absolute Gasteiger partial charge is 0.496 e. The van der Waals surface area contributed by atoms with E-state index in [1.54, 1.807) is 26.6 Å². The van der Waals surface area contributed by atoms with Gasteiger partial charge in [-0.15, -0.1) is 0 Å². The van der Waals surface area contributed by atoms with Crippen LogP contribution in [0.25, 0.3) is 21.8 Å². The van der Waals surface area contributed by atoms with Crippen molar-refractivity contribution in [2.24, 2.45) is 0 Å². The molecule has 0 unspecified atom stereocenters. The monoisotopic (exact) mass is 268 g/mol. The number of hydrogen-bond donors (Lipinski definition) is 0. The maximum absolute atomic E-state index is 5.47. The van der Waals surface area contributed by atoms with Crippen LogP contribution in [0.1, 0.15) is 11.1 Å². The van der Waals surface area contributed by atoms with Gasteiger partial charge in [0.2, 0.25) is 0 Å². The van der Waals surface area contributed by atoms with E-state index in [2.05, 4.69) is 23.8 Å². The van der Waals surface area contributed by atoms with Crippen LogP contribution in [0, 0.1) is 13.8 Å². The molecular weight excluding hydrogens is 252 g/mol. The van der Waals surface area contributed by atoms with Crippen LogP contribution >= 0.6 is 0 Å². The fraction of sp³-hybridized carbons (Fsp3) is 0.250. The van der Waals surface area contributed by atoms with Crippen LogP contribution < -0.4 is 9.47 Å². The van der Waals surface area contributed by atoms with E-state index in [-0.39, 0.29) is 0 Å². The van der Waals surface area contributed by atoms with E-state index in [0.717, 1.165) is 44.4 Å². The highest BCUT2D eigenvalue weighted by Gasteiger charge is 2.16. The van der Waals surface area contributed by atoms with Crippen LogP contribution in [0.2, 0.25) is 0 Å². The van der Waals surface area contributed by atoms with E-state index in [9.17, 15) is 0 Å². The molecule has 4 heteroatoms. The molecule has 102 valence electrons. The molecule has 0 atom stereocenters. The molecular formula is C16H16N2O2. The number of pyridine rings is 2. The van der Waals surface area contributed by atoms with Crippen molar-refractivity contribution in [1.82, 2.24) is 9.97 Å². The third-order valence-electron chi connectivity index (χ3n) is 3.80. The number of nitrogens with zero attached hydrogens (tertiary/aromatic N) is 2. The minimum atomic E-state index is 0.821. The van der Waals surface area contributed by atoms with E-state index in [1.165, 1.54) is 0 Å². The Bertz CT molecular complexity index is 744. The quantitative estimate of drug-likeness (QED) is 0.668. The molecule has 4 nitrogen and oxygen atoms in total. The lowest BCUT2D eigenvalue weighted by Gasteiger charge is -2.15. The Morgan fingerprint density at radius 3 is 1.50 bits per heavy atom. The first-order valence-corrected chi connectivity index (χ1v) is 6.43. The second-order valence-corrected chi connectivity index (χ2v) is 4.72. The molecule has 0 aliphatic heterocycles. The minimum Gasteiger partial charge on any atom is -0.496 e. The van der Waals surface area contributed by atoms with Gasteiger partial charge in [0.05, 0.1) is 14.2 Å². The molecule has 2 heterocycles. The van der Waals surface area contributed by atoms with Gasteiger partial charge in [0.15, 0.2) is 0 Å². The molecule has 0 aliphatic rings. The van der Waals surface area contributed by atoms with Crippen LogP contribution in [-0.4, -0.2) is 24.2 Å². The molecule has 0 amide bonds. The second kappa shape index (κ2) is 4.63. The van der Waals surface area contributed by atoms with Gasteiger partial charge < -0.3 is 9.47 Å². The van der Waals surface area contributed by atoms with Gasteiger partial charge in [-0.05, 0) is 37.1 Å². The summed E-state index contributed by atoms with van der Waals surface area (Å²) in [5.74, 6) is 1.64. The molecule has 3 rings (SSSR count). The average Bonchev–Trinajstić information content (AvgIpc) is 2.50. The molecule has 0 saturated heterocycles. The number of methoxy groups -OCH3 is 2. The zero-order chi connectivity index (χ0) is 14.3. The number of rotatable bonds is 2. The lowest BCUT2D eigenvalue weighted by molar-refractivity contribution is 0.418. The van der Waals surface area contributed by atoms with Crippen molar-refractivity contribution in [3.8, 4) is 11.5 Å². The van der Waals surface area contributed by atoms with Crippen molar-refractivity contribution < 1.29 is 9.47 Å². The predicted molar refractivity (Wildman–Crippen MR) is 79.6 cm³/mol. The number of hydrogen-bond acceptors (Lipinski definition) is 4. The van der Waals surface area contributed by atoms with Crippen LogP contribution in [0.5, 0.6) is 11.5 Å². The van der Waals surface area contributed by atoms with E-state index in [0.29, 0.717) is 0 Å². The number of benzene rings is 1. The van der Waals surface area contributed by atoms with Crippen LogP contribution in [0.4, 0.5) is 0 Å². The van der Waals surface area contributed by atoms with Gasteiger partial charge in [0, 0.05) is 23.2 Å². The van der Waals surface area contributed by atoms with Crippen LogP contribution in [-0.2, 0) is 0 Å². The van der Waals surface area contributed by atoms with Crippen molar-refractivity contribution in [1.29, 1.82) is 0 Å². The molecule has 0 saturated carbocycles. The SMILES string of the molecule is COc1ccnc2c1c(C)c(C)c1c(OC)ccnc12. The number of ether oxygens (including phenoxy) is 2. The van der Waals surface area contributed by atoms with Crippen LogP contribution in [0.15, 0.2) is 24.5 Å². The maximum atomic E-state index is 5.47. The fourth-order valence-corrected chi connectivity index (χ4v) is 2.69.